The molecule has 0 radical (unpaired) electrons. The predicted octanol–water partition coefficient (Wildman–Crippen LogP) is 1.78. The topological polar surface area (TPSA) is 40.6 Å². The molecule has 3 amide bonds. The van der Waals surface area contributed by atoms with E-state index in [-0.39, 0.29) is 45.0 Å². The van der Waals surface area contributed by atoms with Gasteiger partial charge in [0.25, 0.3) is 0 Å². The van der Waals surface area contributed by atoms with Crippen LogP contribution >= 0.6 is 11.6 Å². The molecule has 5 rings (SSSR count). The first-order valence-electron chi connectivity index (χ1n) is 7.39. The third-order valence-corrected chi connectivity index (χ3v) is 9.06. The van der Waals surface area contributed by atoms with Crippen molar-refractivity contribution in [3.63, 3.8) is 0 Å². The summed E-state index contributed by atoms with van der Waals surface area (Å²) in [7, 11) is 3.49. The van der Waals surface area contributed by atoms with E-state index >= 15 is 0 Å². The highest BCUT2D eigenvalue weighted by Crippen LogP contribution is 3.09. The summed E-state index contributed by atoms with van der Waals surface area (Å²) in [6.07, 6.45) is 0. The highest BCUT2D eigenvalue weighted by atomic mass is 35.5. The molecule has 1 aliphatic heterocycles. The Morgan fingerprint density at radius 3 is 2.35 bits per heavy atom. The summed E-state index contributed by atoms with van der Waals surface area (Å²) in [6, 6.07) is -0.166. The molecule has 20 heavy (non-hydrogen) atoms. The zero-order valence-electron chi connectivity index (χ0n) is 12.4. The Balaban J connectivity index is 1.83. The van der Waals surface area contributed by atoms with Gasteiger partial charge in [0.1, 0.15) is 0 Å². The molecule has 0 N–H and O–H groups in total. The predicted molar refractivity (Wildman–Crippen MR) is 73.1 cm³/mol. The third kappa shape index (κ3) is 0.545. The number of halogens is 1. The van der Waals surface area contributed by atoms with Crippen molar-refractivity contribution >= 4 is 23.5 Å². The molecule has 4 saturated carbocycles. The molecule has 8 atom stereocenters. The highest BCUT2D eigenvalue weighted by molar-refractivity contribution is 6.23. The fraction of sp³-hybridized carbons (Fsp3) is 0.867. The molecular formula is C15H19ClN2O2. The highest BCUT2D eigenvalue weighted by Gasteiger charge is 3.15. The molecule has 0 aromatic heterocycles. The fourth-order valence-corrected chi connectivity index (χ4v) is 8.78. The lowest BCUT2D eigenvalue weighted by atomic mass is 9.45. The first-order chi connectivity index (χ1) is 9.18. The molecule has 1 heterocycles. The summed E-state index contributed by atoms with van der Waals surface area (Å²) in [5, 5.41) is 0.0626. The lowest BCUT2D eigenvalue weighted by molar-refractivity contribution is -0.187. The van der Waals surface area contributed by atoms with Gasteiger partial charge in [-0.1, -0.05) is 20.8 Å². The molecule has 4 aliphatic carbocycles. The largest absolute Gasteiger partial charge is 0.326 e. The van der Waals surface area contributed by atoms with Gasteiger partial charge < -0.3 is 4.90 Å². The lowest BCUT2D eigenvalue weighted by Gasteiger charge is -2.66. The van der Waals surface area contributed by atoms with Crippen LogP contribution in [0.5, 0.6) is 0 Å². The number of hydrogen-bond donors (Lipinski definition) is 0. The summed E-state index contributed by atoms with van der Waals surface area (Å²) < 4.78 is 0. The Labute approximate surface area is 123 Å². The third-order valence-electron chi connectivity index (χ3n) is 8.21. The minimum absolute atomic E-state index is 0.0190. The van der Waals surface area contributed by atoms with Crippen molar-refractivity contribution in [2.75, 3.05) is 14.1 Å². The lowest BCUT2D eigenvalue weighted by Crippen LogP contribution is -2.79. The van der Waals surface area contributed by atoms with Crippen LogP contribution in [-0.4, -0.2) is 46.7 Å². The number of carbonyl (C=O) groups is 2. The van der Waals surface area contributed by atoms with Gasteiger partial charge in [0, 0.05) is 19.5 Å². The first-order valence-corrected chi connectivity index (χ1v) is 7.82. The minimum atomic E-state index is -0.346. The number of alkyl halides is 1. The molecule has 0 aromatic rings. The van der Waals surface area contributed by atoms with E-state index in [4.69, 9.17) is 11.6 Å². The summed E-state index contributed by atoms with van der Waals surface area (Å²) in [5.74, 6) is 0.967. The van der Waals surface area contributed by atoms with Crippen molar-refractivity contribution in [2.45, 2.75) is 31.7 Å². The molecule has 0 unspecified atom stereocenters. The summed E-state index contributed by atoms with van der Waals surface area (Å²) in [5.41, 5.74) is -0.569. The molecule has 4 nitrogen and oxygen atoms in total. The maximum atomic E-state index is 13.0. The van der Waals surface area contributed by atoms with Gasteiger partial charge in [-0.25, -0.2) is 4.79 Å². The van der Waals surface area contributed by atoms with Gasteiger partial charge >= 0.3 is 6.03 Å². The molecule has 5 fully saturated rings. The smallest absolute Gasteiger partial charge is 0.320 e. The van der Waals surface area contributed by atoms with Crippen molar-refractivity contribution in [1.29, 1.82) is 0 Å². The number of hydrogen-bond acceptors (Lipinski definition) is 2. The van der Waals surface area contributed by atoms with Gasteiger partial charge in [0.2, 0.25) is 5.91 Å². The first kappa shape index (κ1) is 11.8. The number of carbonyl (C=O) groups excluding carboxylic acids is 2. The van der Waals surface area contributed by atoms with Crippen LogP contribution in [-0.2, 0) is 4.79 Å². The van der Waals surface area contributed by atoms with E-state index in [1.165, 1.54) is 4.90 Å². The molecule has 5 heteroatoms. The van der Waals surface area contributed by atoms with Gasteiger partial charge in [-0.05, 0) is 28.6 Å². The summed E-state index contributed by atoms with van der Waals surface area (Å²) >= 11 is 6.75. The fourth-order valence-electron chi connectivity index (χ4n) is 8.33. The number of imide groups is 1. The van der Waals surface area contributed by atoms with Crippen molar-refractivity contribution in [2.24, 2.45) is 34.0 Å². The summed E-state index contributed by atoms with van der Waals surface area (Å²) in [4.78, 5) is 28.6. The monoisotopic (exact) mass is 294 g/mol. The van der Waals surface area contributed by atoms with Crippen LogP contribution in [0.25, 0.3) is 0 Å². The van der Waals surface area contributed by atoms with Gasteiger partial charge in [0.15, 0.2) is 0 Å². The Bertz CT molecular complexity index is 637. The number of fused-ring (bicyclic) bond motifs is 1. The Morgan fingerprint density at radius 1 is 1.15 bits per heavy atom. The second kappa shape index (κ2) is 2.43. The standard InChI is InChI=1S/C15H19ClN2O2/c1-6-7(16)12(2)8-13(3)9(12)15(6)14(8,13)10(19)17(4)11(20)18(15)5/h6-9H,1-5H3/t6-,7+,8-,9-,12-,13+,14+,15+/m0/s1. The van der Waals surface area contributed by atoms with Crippen LogP contribution < -0.4 is 0 Å². The van der Waals surface area contributed by atoms with Crippen LogP contribution in [0.15, 0.2) is 0 Å². The van der Waals surface area contributed by atoms with Crippen LogP contribution in [0, 0.1) is 34.0 Å². The molecule has 5 aliphatic rings. The molecule has 0 bridgehead atoms. The second-order valence-electron chi connectivity index (χ2n) is 8.04. The number of rotatable bonds is 0. The number of amides is 3. The second-order valence-corrected chi connectivity index (χ2v) is 8.51. The van der Waals surface area contributed by atoms with Gasteiger partial charge in [-0.15, -0.1) is 11.6 Å². The molecule has 0 aromatic carbocycles. The normalized spacial score (nSPS) is 68.3. The maximum Gasteiger partial charge on any atom is 0.326 e. The Kier molecular flexibility index (Phi) is 1.44. The van der Waals surface area contributed by atoms with Crippen LogP contribution in [0.2, 0.25) is 0 Å². The van der Waals surface area contributed by atoms with E-state index in [1.54, 1.807) is 7.05 Å². The van der Waals surface area contributed by atoms with Gasteiger partial charge in [0.05, 0.1) is 11.0 Å². The zero-order valence-corrected chi connectivity index (χ0v) is 13.2. The minimum Gasteiger partial charge on any atom is -0.320 e. The summed E-state index contributed by atoms with van der Waals surface area (Å²) in [6.45, 7) is 6.61. The van der Waals surface area contributed by atoms with E-state index in [1.807, 2.05) is 11.9 Å². The molecular weight excluding hydrogens is 276 g/mol. The van der Waals surface area contributed by atoms with Crippen molar-refractivity contribution in [3.05, 3.63) is 0 Å². The average Bonchev–Trinajstić information content (AvgIpc) is 2.65. The molecule has 2 spiro atoms. The Hall–Kier alpha value is -0.770. The van der Waals surface area contributed by atoms with Gasteiger partial charge in [-0.2, -0.15) is 0 Å². The molecule has 1 saturated heterocycles. The molecule has 108 valence electrons. The quantitative estimate of drug-likeness (QED) is 0.639. The SMILES string of the molecule is C[C@H]1[C@@H](Cl)[C@]2(C)[C@H]3[C@@]4(C)[C@H]2[C@@]42C(=O)N(C)C(=O)N(C)[C@]132. The number of urea groups is 1. The van der Waals surface area contributed by atoms with Crippen molar-refractivity contribution < 1.29 is 9.59 Å². The average molecular weight is 295 g/mol. The van der Waals surface area contributed by atoms with Crippen LogP contribution in [0.4, 0.5) is 4.79 Å². The van der Waals surface area contributed by atoms with Gasteiger partial charge in [-0.3, -0.25) is 9.69 Å². The maximum absolute atomic E-state index is 13.0. The van der Waals surface area contributed by atoms with Crippen LogP contribution in [0.1, 0.15) is 20.8 Å². The van der Waals surface area contributed by atoms with E-state index in [0.717, 1.165) is 0 Å². The number of nitrogens with zero attached hydrogens (tertiary/aromatic N) is 2. The Morgan fingerprint density at radius 2 is 1.75 bits per heavy atom. The van der Waals surface area contributed by atoms with Crippen molar-refractivity contribution in [3.8, 4) is 0 Å². The zero-order chi connectivity index (χ0) is 14.6. The van der Waals surface area contributed by atoms with E-state index in [2.05, 4.69) is 20.8 Å². The van der Waals surface area contributed by atoms with E-state index in [9.17, 15) is 9.59 Å². The van der Waals surface area contributed by atoms with Crippen LogP contribution in [0.3, 0.4) is 0 Å². The van der Waals surface area contributed by atoms with E-state index < -0.39 is 0 Å². The van der Waals surface area contributed by atoms with E-state index in [0.29, 0.717) is 11.8 Å². The van der Waals surface area contributed by atoms with Crippen molar-refractivity contribution in [1.82, 2.24) is 9.80 Å².